The molecular weight excluding hydrogens is 380 g/mol. The van der Waals surface area contributed by atoms with Crippen molar-refractivity contribution < 1.29 is 19.8 Å². The minimum Gasteiger partial charge on any atom is -0.480 e. The lowest BCUT2D eigenvalue weighted by atomic mass is 9.97. The van der Waals surface area contributed by atoms with E-state index in [1.165, 1.54) is 49.9 Å². The van der Waals surface area contributed by atoms with E-state index in [1.54, 1.807) is 0 Å². The van der Waals surface area contributed by atoms with Gasteiger partial charge in [-0.1, -0.05) is 42.8 Å². The fraction of sp³-hybridized carbons (Fsp3) is 0.583. The number of carbonyl (C=O) groups is 2. The largest absolute Gasteiger partial charge is 0.480 e. The van der Waals surface area contributed by atoms with E-state index in [1.807, 2.05) is 0 Å². The van der Waals surface area contributed by atoms with Crippen LogP contribution in [0, 0.1) is 5.92 Å². The first-order valence-electron chi connectivity index (χ1n) is 10.9. The Labute approximate surface area is 179 Å². The number of hydrogen-bond donors (Lipinski definition) is 2. The zero-order valence-corrected chi connectivity index (χ0v) is 18.2. The Morgan fingerprint density at radius 1 is 1.10 bits per heavy atom. The van der Waals surface area contributed by atoms with E-state index in [4.69, 9.17) is 10.2 Å². The summed E-state index contributed by atoms with van der Waals surface area (Å²) in [5, 5.41) is 16.9. The average Bonchev–Trinajstić information content (AvgIpc) is 3.37. The van der Waals surface area contributed by atoms with Crippen LogP contribution in [0.3, 0.4) is 0 Å². The molecular formula is C24H34N2O4. The van der Waals surface area contributed by atoms with E-state index in [9.17, 15) is 9.59 Å². The number of likely N-dealkylation sites (tertiary alicyclic amines) is 1. The zero-order chi connectivity index (χ0) is 21.9. The first-order valence-corrected chi connectivity index (χ1v) is 10.9. The van der Waals surface area contributed by atoms with Gasteiger partial charge in [-0.05, 0) is 64.4 Å². The van der Waals surface area contributed by atoms with Crippen molar-refractivity contribution in [1.82, 2.24) is 9.80 Å². The quantitative estimate of drug-likeness (QED) is 0.755. The lowest BCUT2D eigenvalue weighted by Gasteiger charge is -2.41. The fourth-order valence-corrected chi connectivity index (χ4v) is 5.44. The molecule has 3 aliphatic rings. The van der Waals surface area contributed by atoms with Crippen molar-refractivity contribution in [2.24, 2.45) is 5.92 Å². The zero-order valence-electron chi connectivity index (χ0n) is 18.2. The van der Waals surface area contributed by atoms with Gasteiger partial charge in [-0.2, -0.15) is 0 Å². The van der Waals surface area contributed by atoms with Crippen molar-refractivity contribution in [2.75, 3.05) is 0 Å². The SMILES string of the molecule is CC(C)(C)N1[C@H](Cc2ccccc2)C[C@@H]2CCC[C@@H]21.O=C(O)C1CC=CN1C(=O)O. The summed E-state index contributed by atoms with van der Waals surface area (Å²) in [6, 6.07) is 11.7. The summed E-state index contributed by atoms with van der Waals surface area (Å²) in [5.41, 5.74) is 1.81. The van der Waals surface area contributed by atoms with Gasteiger partial charge < -0.3 is 10.2 Å². The van der Waals surface area contributed by atoms with Gasteiger partial charge in [0.05, 0.1) is 0 Å². The van der Waals surface area contributed by atoms with Crippen molar-refractivity contribution in [1.29, 1.82) is 0 Å². The highest BCUT2D eigenvalue weighted by molar-refractivity contribution is 5.81. The summed E-state index contributed by atoms with van der Waals surface area (Å²) in [6.45, 7) is 7.18. The molecule has 6 heteroatoms. The summed E-state index contributed by atoms with van der Waals surface area (Å²) < 4.78 is 0. The number of nitrogens with zero attached hydrogens (tertiary/aromatic N) is 2. The normalized spacial score (nSPS) is 28.2. The van der Waals surface area contributed by atoms with E-state index < -0.39 is 18.1 Å². The van der Waals surface area contributed by atoms with Gasteiger partial charge in [0.25, 0.3) is 0 Å². The van der Waals surface area contributed by atoms with Crippen LogP contribution >= 0.6 is 0 Å². The number of carboxylic acids is 1. The molecule has 164 valence electrons. The van der Waals surface area contributed by atoms with Crippen molar-refractivity contribution >= 4 is 12.1 Å². The molecule has 1 aromatic rings. The highest BCUT2D eigenvalue weighted by atomic mass is 16.4. The lowest BCUT2D eigenvalue weighted by molar-refractivity contribution is -0.141. The van der Waals surface area contributed by atoms with Crippen molar-refractivity contribution in [3.05, 3.63) is 48.2 Å². The molecule has 30 heavy (non-hydrogen) atoms. The number of benzene rings is 1. The first kappa shape index (κ1) is 22.3. The Morgan fingerprint density at radius 3 is 2.37 bits per heavy atom. The van der Waals surface area contributed by atoms with Gasteiger partial charge in [0, 0.05) is 23.8 Å². The third-order valence-electron chi connectivity index (χ3n) is 6.50. The van der Waals surface area contributed by atoms with Crippen molar-refractivity contribution in [3.63, 3.8) is 0 Å². The summed E-state index contributed by atoms with van der Waals surface area (Å²) in [5.74, 6) is -0.148. The molecule has 2 heterocycles. The molecule has 1 amide bonds. The van der Waals surface area contributed by atoms with E-state index in [0.717, 1.165) is 22.9 Å². The number of fused-ring (bicyclic) bond motifs is 1. The van der Waals surface area contributed by atoms with Crippen LogP contribution < -0.4 is 0 Å². The Hall–Kier alpha value is -2.34. The van der Waals surface area contributed by atoms with Crippen LogP contribution in [-0.2, 0) is 11.2 Å². The molecule has 6 nitrogen and oxygen atoms in total. The summed E-state index contributed by atoms with van der Waals surface area (Å²) in [7, 11) is 0. The van der Waals surface area contributed by atoms with Gasteiger partial charge in [-0.25, -0.2) is 9.59 Å². The van der Waals surface area contributed by atoms with Crippen LogP contribution in [0.25, 0.3) is 0 Å². The predicted octanol–water partition coefficient (Wildman–Crippen LogP) is 4.61. The third-order valence-corrected chi connectivity index (χ3v) is 6.50. The van der Waals surface area contributed by atoms with Gasteiger partial charge in [-0.15, -0.1) is 0 Å². The molecule has 1 saturated carbocycles. The van der Waals surface area contributed by atoms with Crippen LogP contribution in [-0.4, -0.2) is 55.7 Å². The summed E-state index contributed by atoms with van der Waals surface area (Å²) in [6.07, 6.45) is 8.78. The topological polar surface area (TPSA) is 81.1 Å². The molecule has 2 N–H and O–H groups in total. The third kappa shape index (κ3) is 5.04. The average molecular weight is 415 g/mol. The van der Waals surface area contributed by atoms with Crippen molar-refractivity contribution in [3.8, 4) is 0 Å². The number of amides is 1. The maximum Gasteiger partial charge on any atom is 0.412 e. The van der Waals surface area contributed by atoms with E-state index >= 15 is 0 Å². The van der Waals surface area contributed by atoms with Gasteiger partial charge in [0.2, 0.25) is 0 Å². The molecule has 0 aromatic heterocycles. The van der Waals surface area contributed by atoms with Crippen LogP contribution in [0.4, 0.5) is 4.79 Å². The van der Waals surface area contributed by atoms with E-state index in [2.05, 4.69) is 56.0 Å². The highest BCUT2D eigenvalue weighted by Crippen LogP contribution is 2.45. The van der Waals surface area contributed by atoms with Crippen LogP contribution in [0.2, 0.25) is 0 Å². The molecule has 1 aromatic carbocycles. The Kier molecular flexibility index (Phi) is 6.86. The second-order valence-corrected chi connectivity index (χ2v) is 9.58. The molecule has 0 bridgehead atoms. The maximum absolute atomic E-state index is 10.4. The molecule has 2 fully saturated rings. The van der Waals surface area contributed by atoms with Gasteiger partial charge in [0.15, 0.2) is 0 Å². The molecule has 1 aliphatic carbocycles. The number of hydrogen-bond acceptors (Lipinski definition) is 3. The summed E-state index contributed by atoms with van der Waals surface area (Å²) in [4.78, 5) is 24.3. The fourth-order valence-electron chi connectivity index (χ4n) is 5.44. The maximum atomic E-state index is 10.4. The van der Waals surface area contributed by atoms with Gasteiger partial charge in [0.1, 0.15) is 6.04 Å². The minimum absolute atomic E-state index is 0.252. The Bertz CT molecular complexity index is 771. The number of carboxylic acid groups (broad SMARTS) is 2. The van der Waals surface area contributed by atoms with Crippen LogP contribution in [0.15, 0.2) is 42.6 Å². The Morgan fingerprint density at radius 2 is 1.80 bits per heavy atom. The second kappa shape index (κ2) is 9.21. The number of aliphatic carboxylic acids is 1. The lowest BCUT2D eigenvalue weighted by Crippen LogP contribution is -2.49. The van der Waals surface area contributed by atoms with Crippen LogP contribution in [0.5, 0.6) is 0 Å². The molecule has 2 aliphatic heterocycles. The molecule has 1 saturated heterocycles. The smallest absolute Gasteiger partial charge is 0.412 e. The van der Waals surface area contributed by atoms with Crippen molar-refractivity contribution in [2.45, 2.75) is 83.0 Å². The van der Waals surface area contributed by atoms with E-state index in [0.29, 0.717) is 5.54 Å². The molecule has 4 atom stereocenters. The predicted molar refractivity (Wildman–Crippen MR) is 116 cm³/mol. The Balaban J connectivity index is 0.000000199. The summed E-state index contributed by atoms with van der Waals surface area (Å²) >= 11 is 0. The standard InChI is InChI=1S/C18H27N.C6H7NO4/c1-18(2,3)19-16(12-14-8-5-4-6-9-14)13-15-10-7-11-17(15)19;8-5(9)4-2-1-3-7(4)6(10)11/h4-6,8-9,15-17H,7,10-13H2,1-3H3;1,3-4H,2H2,(H,8,9)(H,10,11)/t15-,16+,17-;/m0./s1. The second-order valence-electron chi connectivity index (χ2n) is 9.58. The van der Waals surface area contributed by atoms with E-state index in [-0.39, 0.29) is 6.42 Å². The highest BCUT2D eigenvalue weighted by Gasteiger charge is 2.47. The minimum atomic E-state index is -1.23. The first-order chi connectivity index (χ1) is 14.2. The monoisotopic (exact) mass is 414 g/mol. The van der Waals surface area contributed by atoms with Gasteiger partial charge in [-0.3, -0.25) is 9.80 Å². The molecule has 4 rings (SSSR count). The molecule has 0 spiro atoms. The molecule has 0 radical (unpaired) electrons. The van der Waals surface area contributed by atoms with Crippen LogP contribution in [0.1, 0.15) is 58.4 Å². The molecule has 1 unspecified atom stereocenters. The number of rotatable bonds is 3. The van der Waals surface area contributed by atoms with Gasteiger partial charge >= 0.3 is 12.1 Å².